The Labute approximate surface area is 129 Å². The summed E-state index contributed by atoms with van der Waals surface area (Å²) in [6.07, 6.45) is 2.47. The fourth-order valence-electron chi connectivity index (χ4n) is 2.79. The van der Waals surface area contributed by atoms with Crippen molar-refractivity contribution in [3.63, 3.8) is 0 Å². The highest BCUT2D eigenvalue weighted by molar-refractivity contribution is 5.99. The minimum atomic E-state index is -1.18. The molecule has 1 aliphatic rings. The third-order valence-corrected chi connectivity index (χ3v) is 4.44. The van der Waals surface area contributed by atoms with Gasteiger partial charge in [0.2, 0.25) is 0 Å². The lowest BCUT2D eigenvalue weighted by Crippen LogP contribution is -2.56. The van der Waals surface area contributed by atoms with Crippen molar-refractivity contribution in [1.82, 2.24) is 5.32 Å². The van der Waals surface area contributed by atoms with Crippen LogP contribution in [0.3, 0.4) is 0 Å². The molecule has 1 amide bonds. The summed E-state index contributed by atoms with van der Waals surface area (Å²) in [5, 5.41) is 12.2. The summed E-state index contributed by atoms with van der Waals surface area (Å²) < 4.78 is 0. The van der Waals surface area contributed by atoms with E-state index in [1.54, 1.807) is 24.3 Å². The Kier molecular flexibility index (Phi) is 4.64. The Hall–Kier alpha value is -2.17. The SMILES string of the molecule is CC(=O)c1ccc(C(=O)NC2(C(=O)O)CCC(C)CC2)cc1. The van der Waals surface area contributed by atoms with Crippen LogP contribution in [0.4, 0.5) is 0 Å². The maximum atomic E-state index is 12.3. The highest BCUT2D eigenvalue weighted by atomic mass is 16.4. The van der Waals surface area contributed by atoms with E-state index in [2.05, 4.69) is 12.2 Å². The van der Waals surface area contributed by atoms with E-state index in [0.29, 0.717) is 29.9 Å². The maximum Gasteiger partial charge on any atom is 0.329 e. The summed E-state index contributed by atoms with van der Waals surface area (Å²) >= 11 is 0. The van der Waals surface area contributed by atoms with Gasteiger partial charge in [0.1, 0.15) is 5.54 Å². The largest absolute Gasteiger partial charge is 0.480 e. The van der Waals surface area contributed by atoms with Gasteiger partial charge in [0.05, 0.1) is 0 Å². The zero-order valence-corrected chi connectivity index (χ0v) is 12.9. The second-order valence-corrected chi connectivity index (χ2v) is 6.16. The number of aliphatic carboxylic acids is 1. The van der Waals surface area contributed by atoms with Gasteiger partial charge in [0.25, 0.3) is 5.91 Å². The first-order valence-corrected chi connectivity index (χ1v) is 7.51. The topological polar surface area (TPSA) is 83.5 Å². The number of amides is 1. The lowest BCUT2D eigenvalue weighted by Gasteiger charge is -2.36. The molecule has 0 atom stereocenters. The van der Waals surface area contributed by atoms with Gasteiger partial charge >= 0.3 is 5.97 Å². The van der Waals surface area contributed by atoms with Crippen molar-refractivity contribution in [3.8, 4) is 0 Å². The van der Waals surface area contributed by atoms with Crippen LogP contribution in [0, 0.1) is 5.92 Å². The molecule has 0 aromatic heterocycles. The first kappa shape index (κ1) is 16.2. The Morgan fingerprint density at radius 2 is 1.59 bits per heavy atom. The third-order valence-electron chi connectivity index (χ3n) is 4.44. The Bertz CT molecular complexity index is 583. The number of carbonyl (C=O) groups excluding carboxylic acids is 2. The smallest absolute Gasteiger partial charge is 0.329 e. The number of carboxylic acid groups (broad SMARTS) is 1. The summed E-state index contributed by atoms with van der Waals surface area (Å²) in [7, 11) is 0. The first-order valence-electron chi connectivity index (χ1n) is 7.51. The van der Waals surface area contributed by atoms with Gasteiger partial charge in [-0.05, 0) is 50.7 Å². The van der Waals surface area contributed by atoms with Crippen molar-refractivity contribution in [2.75, 3.05) is 0 Å². The average Bonchev–Trinajstić information content (AvgIpc) is 2.49. The van der Waals surface area contributed by atoms with E-state index < -0.39 is 17.4 Å². The lowest BCUT2D eigenvalue weighted by atomic mass is 9.77. The van der Waals surface area contributed by atoms with Crippen LogP contribution >= 0.6 is 0 Å². The molecule has 5 heteroatoms. The monoisotopic (exact) mass is 303 g/mol. The van der Waals surface area contributed by atoms with E-state index in [9.17, 15) is 19.5 Å². The predicted molar refractivity (Wildman–Crippen MR) is 81.9 cm³/mol. The normalized spacial score (nSPS) is 24.5. The molecule has 5 nitrogen and oxygen atoms in total. The highest BCUT2D eigenvalue weighted by Gasteiger charge is 2.42. The van der Waals surface area contributed by atoms with Crippen molar-refractivity contribution < 1.29 is 19.5 Å². The standard InChI is InChI=1S/C17H21NO4/c1-11-7-9-17(10-8-11,16(21)22)18-15(20)14-5-3-13(4-6-14)12(2)19/h3-6,11H,7-10H2,1-2H3,(H,18,20)(H,21,22). The molecular weight excluding hydrogens is 282 g/mol. The van der Waals surface area contributed by atoms with E-state index in [0.717, 1.165) is 12.8 Å². The molecule has 0 heterocycles. The lowest BCUT2D eigenvalue weighted by molar-refractivity contribution is -0.146. The summed E-state index contributed by atoms with van der Waals surface area (Å²) in [5.41, 5.74) is -0.289. The van der Waals surface area contributed by atoms with E-state index in [4.69, 9.17) is 0 Å². The van der Waals surface area contributed by atoms with Crippen LogP contribution in [0.1, 0.15) is 60.2 Å². The van der Waals surface area contributed by atoms with E-state index in [1.165, 1.54) is 6.92 Å². The Morgan fingerprint density at radius 1 is 1.09 bits per heavy atom. The minimum Gasteiger partial charge on any atom is -0.480 e. The second-order valence-electron chi connectivity index (χ2n) is 6.16. The minimum absolute atomic E-state index is 0.0739. The molecule has 1 aromatic carbocycles. The van der Waals surface area contributed by atoms with Crippen LogP contribution in [0.2, 0.25) is 0 Å². The maximum absolute atomic E-state index is 12.3. The molecule has 0 radical (unpaired) electrons. The van der Waals surface area contributed by atoms with Gasteiger partial charge in [0.15, 0.2) is 5.78 Å². The fourth-order valence-corrected chi connectivity index (χ4v) is 2.79. The van der Waals surface area contributed by atoms with Gasteiger partial charge < -0.3 is 10.4 Å². The fraction of sp³-hybridized carbons (Fsp3) is 0.471. The van der Waals surface area contributed by atoms with Crippen molar-refractivity contribution >= 4 is 17.7 Å². The molecule has 0 saturated heterocycles. The van der Waals surface area contributed by atoms with Gasteiger partial charge in [0, 0.05) is 11.1 Å². The Balaban J connectivity index is 2.14. The third kappa shape index (κ3) is 3.35. The number of rotatable bonds is 4. The van der Waals surface area contributed by atoms with Crippen molar-refractivity contribution in [3.05, 3.63) is 35.4 Å². The predicted octanol–water partition coefficient (Wildman–Crippen LogP) is 2.65. The van der Waals surface area contributed by atoms with Crippen LogP contribution in [-0.4, -0.2) is 28.3 Å². The van der Waals surface area contributed by atoms with Gasteiger partial charge in [-0.3, -0.25) is 9.59 Å². The van der Waals surface area contributed by atoms with Crippen LogP contribution < -0.4 is 5.32 Å². The zero-order chi connectivity index (χ0) is 16.3. The number of ketones is 1. The van der Waals surface area contributed by atoms with Gasteiger partial charge in [-0.1, -0.05) is 19.1 Å². The summed E-state index contributed by atoms with van der Waals surface area (Å²) in [6, 6.07) is 6.25. The molecule has 1 aliphatic carbocycles. The number of Topliss-reactive ketones (excluding diaryl/α,β-unsaturated/α-hetero) is 1. The molecule has 1 fully saturated rings. The van der Waals surface area contributed by atoms with Crippen LogP contribution in [0.5, 0.6) is 0 Å². The van der Waals surface area contributed by atoms with Crippen LogP contribution in [-0.2, 0) is 4.79 Å². The van der Waals surface area contributed by atoms with Crippen LogP contribution in [0.25, 0.3) is 0 Å². The molecule has 1 saturated carbocycles. The quantitative estimate of drug-likeness (QED) is 0.838. The summed E-state index contributed by atoms with van der Waals surface area (Å²) in [5.74, 6) is -0.977. The summed E-state index contributed by atoms with van der Waals surface area (Å²) in [4.78, 5) is 35.2. The van der Waals surface area contributed by atoms with Crippen LogP contribution in [0.15, 0.2) is 24.3 Å². The van der Waals surface area contributed by atoms with Crippen molar-refractivity contribution in [2.24, 2.45) is 5.92 Å². The Morgan fingerprint density at radius 3 is 2.05 bits per heavy atom. The van der Waals surface area contributed by atoms with E-state index in [-0.39, 0.29) is 5.78 Å². The number of benzene rings is 1. The van der Waals surface area contributed by atoms with Crippen molar-refractivity contribution in [2.45, 2.75) is 45.1 Å². The average molecular weight is 303 g/mol. The summed E-state index contributed by atoms with van der Waals surface area (Å²) in [6.45, 7) is 3.55. The van der Waals surface area contributed by atoms with Crippen molar-refractivity contribution in [1.29, 1.82) is 0 Å². The number of hydrogen-bond acceptors (Lipinski definition) is 3. The highest BCUT2D eigenvalue weighted by Crippen LogP contribution is 2.32. The number of nitrogens with one attached hydrogen (secondary N) is 1. The molecule has 0 bridgehead atoms. The molecule has 0 spiro atoms. The molecule has 0 unspecified atom stereocenters. The molecule has 0 aliphatic heterocycles. The van der Waals surface area contributed by atoms with E-state index in [1.807, 2.05) is 0 Å². The molecule has 22 heavy (non-hydrogen) atoms. The molecule has 118 valence electrons. The molecule has 1 aromatic rings. The van der Waals surface area contributed by atoms with Gasteiger partial charge in [-0.2, -0.15) is 0 Å². The molecule has 2 N–H and O–H groups in total. The first-order chi connectivity index (χ1) is 10.3. The number of carboxylic acids is 1. The van der Waals surface area contributed by atoms with Gasteiger partial charge in [-0.15, -0.1) is 0 Å². The second kappa shape index (κ2) is 6.30. The van der Waals surface area contributed by atoms with Gasteiger partial charge in [-0.25, -0.2) is 4.79 Å². The molecule has 2 rings (SSSR count). The zero-order valence-electron chi connectivity index (χ0n) is 12.9. The molecular formula is C17H21NO4. The number of carbonyl (C=O) groups is 3. The van der Waals surface area contributed by atoms with E-state index >= 15 is 0 Å². The number of hydrogen-bond donors (Lipinski definition) is 2.